The van der Waals surface area contributed by atoms with Crippen LogP contribution in [0.25, 0.3) is 11.2 Å². The van der Waals surface area contributed by atoms with Gasteiger partial charge in [-0.3, -0.25) is 4.79 Å². The first kappa shape index (κ1) is 14.3. The lowest BCUT2D eigenvalue weighted by Gasteiger charge is -2.10. The number of fused-ring (bicyclic) bond motifs is 1. The highest BCUT2D eigenvalue weighted by Crippen LogP contribution is 2.22. The minimum Gasteiger partial charge on any atom is -0.478 e. The van der Waals surface area contributed by atoms with E-state index in [0.717, 1.165) is 5.52 Å². The molecule has 20 heavy (non-hydrogen) atoms. The Labute approximate surface area is 117 Å². The molecule has 108 valence electrons. The third-order valence-corrected chi connectivity index (χ3v) is 2.94. The number of rotatable bonds is 6. The lowest BCUT2D eigenvalue weighted by molar-refractivity contribution is -0.145. The average molecular weight is 277 g/mol. The molecule has 2 aromatic heterocycles. The first-order chi connectivity index (χ1) is 9.69. The SMILES string of the molecule is CCOC(=O)C(CC)c1nc2nc(OCC)ccc2[nH]1. The Bertz CT molecular complexity index is 594. The van der Waals surface area contributed by atoms with Gasteiger partial charge in [-0.2, -0.15) is 4.98 Å². The number of hydrogen-bond acceptors (Lipinski definition) is 5. The monoisotopic (exact) mass is 277 g/mol. The average Bonchev–Trinajstić information content (AvgIpc) is 2.83. The number of carbonyl (C=O) groups excluding carboxylic acids is 1. The van der Waals surface area contributed by atoms with Crippen molar-refractivity contribution in [3.8, 4) is 5.88 Å². The number of ether oxygens (including phenoxy) is 2. The summed E-state index contributed by atoms with van der Waals surface area (Å²) in [6.07, 6.45) is 0.622. The summed E-state index contributed by atoms with van der Waals surface area (Å²) < 4.78 is 10.4. The lowest BCUT2D eigenvalue weighted by atomic mass is 10.1. The topological polar surface area (TPSA) is 77.1 Å². The van der Waals surface area contributed by atoms with Crippen LogP contribution in [-0.2, 0) is 9.53 Å². The highest BCUT2D eigenvalue weighted by Gasteiger charge is 2.23. The van der Waals surface area contributed by atoms with Crippen LogP contribution in [-0.4, -0.2) is 34.1 Å². The maximum Gasteiger partial charge on any atom is 0.316 e. The fourth-order valence-corrected chi connectivity index (χ4v) is 2.00. The fraction of sp³-hybridized carbons (Fsp3) is 0.500. The van der Waals surface area contributed by atoms with Crippen molar-refractivity contribution >= 4 is 17.1 Å². The van der Waals surface area contributed by atoms with E-state index in [9.17, 15) is 4.79 Å². The van der Waals surface area contributed by atoms with Crippen molar-refractivity contribution < 1.29 is 14.3 Å². The quantitative estimate of drug-likeness (QED) is 0.820. The highest BCUT2D eigenvalue weighted by atomic mass is 16.5. The molecular formula is C14H19N3O3. The maximum absolute atomic E-state index is 11.9. The summed E-state index contributed by atoms with van der Waals surface area (Å²) in [4.78, 5) is 23.7. The van der Waals surface area contributed by atoms with Gasteiger partial charge in [0.15, 0.2) is 5.65 Å². The van der Waals surface area contributed by atoms with Crippen LogP contribution in [0.2, 0.25) is 0 Å². The van der Waals surface area contributed by atoms with Gasteiger partial charge in [0.25, 0.3) is 0 Å². The van der Waals surface area contributed by atoms with E-state index in [2.05, 4.69) is 15.0 Å². The molecule has 6 heteroatoms. The van der Waals surface area contributed by atoms with E-state index in [4.69, 9.17) is 9.47 Å². The van der Waals surface area contributed by atoms with Gasteiger partial charge in [-0.05, 0) is 26.3 Å². The normalized spacial score (nSPS) is 12.3. The molecule has 2 aromatic rings. The number of hydrogen-bond donors (Lipinski definition) is 1. The molecule has 0 radical (unpaired) electrons. The van der Waals surface area contributed by atoms with Crippen molar-refractivity contribution in [2.75, 3.05) is 13.2 Å². The number of aromatic amines is 1. The number of esters is 1. The number of nitrogens with one attached hydrogen (secondary N) is 1. The number of carbonyl (C=O) groups is 1. The van der Waals surface area contributed by atoms with Gasteiger partial charge >= 0.3 is 5.97 Å². The lowest BCUT2D eigenvalue weighted by Crippen LogP contribution is -2.16. The molecule has 0 fully saturated rings. The zero-order chi connectivity index (χ0) is 14.5. The fourth-order valence-electron chi connectivity index (χ4n) is 2.00. The number of H-pyrrole nitrogens is 1. The summed E-state index contributed by atoms with van der Waals surface area (Å²) >= 11 is 0. The molecule has 2 heterocycles. The largest absolute Gasteiger partial charge is 0.478 e. The van der Waals surface area contributed by atoms with Gasteiger partial charge in [0.05, 0.1) is 18.7 Å². The molecule has 0 aliphatic carbocycles. The summed E-state index contributed by atoms with van der Waals surface area (Å²) in [5.74, 6) is 0.461. The number of imidazole rings is 1. The third-order valence-electron chi connectivity index (χ3n) is 2.94. The molecule has 0 amide bonds. The van der Waals surface area contributed by atoms with E-state index in [1.807, 2.05) is 19.9 Å². The molecular weight excluding hydrogens is 258 g/mol. The van der Waals surface area contributed by atoms with Crippen molar-refractivity contribution in [2.45, 2.75) is 33.1 Å². The van der Waals surface area contributed by atoms with Crippen LogP contribution in [0, 0.1) is 0 Å². The summed E-state index contributed by atoms with van der Waals surface area (Å²) in [6.45, 7) is 6.53. The highest BCUT2D eigenvalue weighted by molar-refractivity contribution is 5.79. The Morgan fingerprint density at radius 3 is 2.70 bits per heavy atom. The van der Waals surface area contributed by atoms with Crippen LogP contribution < -0.4 is 4.74 Å². The first-order valence-corrected chi connectivity index (χ1v) is 6.85. The molecule has 1 unspecified atom stereocenters. The Kier molecular flexibility index (Phi) is 4.55. The number of nitrogens with zero attached hydrogens (tertiary/aromatic N) is 2. The van der Waals surface area contributed by atoms with Gasteiger partial charge in [0, 0.05) is 6.07 Å². The van der Waals surface area contributed by atoms with Gasteiger partial charge in [-0.1, -0.05) is 6.92 Å². The van der Waals surface area contributed by atoms with Crippen LogP contribution >= 0.6 is 0 Å². The first-order valence-electron chi connectivity index (χ1n) is 6.85. The van der Waals surface area contributed by atoms with E-state index in [1.54, 1.807) is 13.0 Å². The second kappa shape index (κ2) is 6.36. The molecule has 0 bridgehead atoms. The van der Waals surface area contributed by atoms with Gasteiger partial charge in [-0.15, -0.1) is 0 Å². The van der Waals surface area contributed by atoms with Gasteiger partial charge < -0.3 is 14.5 Å². The second-order valence-corrected chi connectivity index (χ2v) is 4.29. The Balaban J connectivity index is 2.32. The van der Waals surface area contributed by atoms with Crippen LogP contribution in [0.4, 0.5) is 0 Å². The summed E-state index contributed by atoms with van der Waals surface area (Å²) in [5, 5.41) is 0. The zero-order valence-electron chi connectivity index (χ0n) is 12.0. The predicted molar refractivity (Wildman–Crippen MR) is 74.7 cm³/mol. The van der Waals surface area contributed by atoms with Crippen LogP contribution in [0.3, 0.4) is 0 Å². The smallest absolute Gasteiger partial charge is 0.316 e. The van der Waals surface area contributed by atoms with Crippen molar-refractivity contribution in [1.29, 1.82) is 0 Å². The summed E-state index contributed by atoms with van der Waals surface area (Å²) in [6, 6.07) is 3.63. The molecule has 1 atom stereocenters. The predicted octanol–water partition coefficient (Wildman–Crippen LogP) is 2.41. The molecule has 2 rings (SSSR count). The van der Waals surface area contributed by atoms with Gasteiger partial charge in [-0.25, -0.2) is 4.98 Å². The molecule has 0 spiro atoms. The van der Waals surface area contributed by atoms with Gasteiger partial charge in [0.1, 0.15) is 11.7 Å². The van der Waals surface area contributed by atoms with Gasteiger partial charge in [0.2, 0.25) is 5.88 Å². The second-order valence-electron chi connectivity index (χ2n) is 4.29. The Hall–Kier alpha value is -2.11. The van der Waals surface area contributed by atoms with Crippen LogP contribution in [0.5, 0.6) is 5.88 Å². The summed E-state index contributed by atoms with van der Waals surface area (Å²) in [7, 11) is 0. The minimum atomic E-state index is -0.389. The van der Waals surface area contributed by atoms with Crippen molar-refractivity contribution in [1.82, 2.24) is 15.0 Å². The number of aromatic nitrogens is 3. The third kappa shape index (κ3) is 2.89. The molecule has 1 N–H and O–H groups in total. The molecule has 0 aromatic carbocycles. The van der Waals surface area contributed by atoms with Crippen molar-refractivity contribution in [3.63, 3.8) is 0 Å². The van der Waals surface area contributed by atoms with E-state index in [-0.39, 0.29) is 11.9 Å². The van der Waals surface area contributed by atoms with E-state index in [0.29, 0.717) is 37.0 Å². The standard InChI is InChI=1S/C14H19N3O3/c1-4-9(14(18)20-6-3)12-15-10-7-8-11(19-5-2)16-13(10)17-12/h7-9H,4-6H2,1-3H3,(H,15,16,17). The molecule has 0 saturated heterocycles. The van der Waals surface area contributed by atoms with E-state index in [1.165, 1.54) is 0 Å². The van der Waals surface area contributed by atoms with Crippen molar-refractivity contribution in [2.24, 2.45) is 0 Å². The zero-order valence-corrected chi connectivity index (χ0v) is 12.0. The minimum absolute atomic E-state index is 0.265. The van der Waals surface area contributed by atoms with E-state index >= 15 is 0 Å². The van der Waals surface area contributed by atoms with Crippen molar-refractivity contribution in [3.05, 3.63) is 18.0 Å². The molecule has 6 nitrogen and oxygen atoms in total. The number of pyridine rings is 1. The molecule has 0 saturated carbocycles. The van der Waals surface area contributed by atoms with Crippen LogP contribution in [0.1, 0.15) is 38.9 Å². The maximum atomic E-state index is 11.9. The molecule has 0 aliphatic rings. The molecule has 0 aliphatic heterocycles. The van der Waals surface area contributed by atoms with E-state index < -0.39 is 0 Å². The Morgan fingerprint density at radius 1 is 1.25 bits per heavy atom. The summed E-state index contributed by atoms with van der Waals surface area (Å²) in [5.41, 5.74) is 1.33. The Morgan fingerprint density at radius 2 is 2.05 bits per heavy atom. The van der Waals surface area contributed by atoms with Crippen LogP contribution in [0.15, 0.2) is 12.1 Å².